The molecule has 2 heterocycles. The first kappa shape index (κ1) is 12.2. The Labute approximate surface area is 109 Å². The maximum atomic E-state index is 13.7. The molecule has 3 rings (SSSR count). The Morgan fingerprint density at radius 1 is 1.30 bits per heavy atom. The van der Waals surface area contributed by atoms with Gasteiger partial charge in [-0.15, -0.1) is 0 Å². The van der Waals surface area contributed by atoms with Crippen molar-refractivity contribution in [2.75, 3.05) is 0 Å². The van der Waals surface area contributed by atoms with E-state index in [1.807, 2.05) is 0 Å². The van der Waals surface area contributed by atoms with Gasteiger partial charge in [0.25, 0.3) is 0 Å². The average Bonchev–Trinajstić information content (AvgIpc) is 2.42. The fourth-order valence-electron chi connectivity index (χ4n) is 2.07. The number of H-pyrrole nitrogens is 1. The van der Waals surface area contributed by atoms with Crippen molar-refractivity contribution in [3.8, 4) is 0 Å². The lowest BCUT2D eigenvalue weighted by atomic mass is 10.1. The minimum atomic E-state index is -1.40. The number of rotatable bonds is 1. The number of aromatic amines is 1. The Hall–Kier alpha value is -2.83. The fraction of sp³-hybridized carbons (Fsp3) is 0. The molecule has 0 saturated carbocycles. The van der Waals surface area contributed by atoms with Crippen LogP contribution in [0.3, 0.4) is 0 Å². The molecule has 0 unspecified atom stereocenters. The summed E-state index contributed by atoms with van der Waals surface area (Å²) < 4.78 is 26.8. The van der Waals surface area contributed by atoms with Gasteiger partial charge < -0.3 is 10.1 Å². The van der Waals surface area contributed by atoms with Gasteiger partial charge in [-0.25, -0.2) is 13.6 Å². The minimum Gasteiger partial charge on any atom is -0.477 e. The van der Waals surface area contributed by atoms with E-state index >= 15 is 0 Å². The number of halogens is 2. The van der Waals surface area contributed by atoms with Gasteiger partial charge >= 0.3 is 5.97 Å². The SMILES string of the molecule is O=C(O)c1c[nH]c2cnc3c(F)c(F)ccc3c2c1=O. The van der Waals surface area contributed by atoms with Crippen LogP contribution in [0, 0.1) is 11.6 Å². The smallest absolute Gasteiger partial charge is 0.341 e. The maximum absolute atomic E-state index is 13.7. The number of carboxylic acids is 1. The van der Waals surface area contributed by atoms with Crippen molar-refractivity contribution in [3.63, 3.8) is 0 Å². The summed E-state index contributed by atoms with van der Waals surface area (Å²) in [7, 11) is 0. The van der Waals surface area contributed by atoms with Crippen LogP contribution < -0.4 is 5.43 Å². The third-order valence-electron chi connectivity index (χ3n) is 3.00. The molecule has 2 aromatic heterocycles. The number of hydrogen-bond donors (Lipinski definition) is 2. The Morgan fingerprint density at radius 2 is 2.05 bits per heavy atom. The van der Waals surface area contributed by atoms with Gasteiger partial charge in [0, 0.05) is 11.6 Å². The van der Waals surface area contributed by atoms with Crippen molar-refractivity contribution in [2.45, 2.75) is 0 Å². The highest BCUT2D eigenvalue weighted by atomic mass is 19.2. The monoisotopic (exact) mass is 276 g/mol. The van der Waals surface area contributed by atoms with Crippen molar-refractivity contribution in [1.82, 2.24) is 9.97 Å². The largest absolute Gasteiger partial charge is 0.477 e. The molecular weight excluding hydrogens is 270 g/mol. The summed E-state index contributed by atoms with van der Waals surface area (Å²) >= 11 is 0. The van der Waals surface area contributed by atoms with Crippen LogP contribution in [-0.4, -0.2) is 21.0 Å². The molecule has 20 heavy (non-hydrogen) atoms. The molecule has 5 nitrogen and oxygen atoms in total. The van der Waals surface area contributed by atoms with Crippen LogP contribution in [0.4, 0.5) is 8.78 Å². The number of pyridine rings is 2. The summed E-state index contributed by atoms with van der Waals surface area (Å²) in [5, 5.41) is 8.95. The second-order valence-electron chi connectivity index (χ2n) is 4.14. The van der Waals surface area contributed by atoms with Crippen LogP contribution in [0.15, 0.2) is 29.3 Å². The topological polar surface area (TPSA) is 83.0 Å². The number of carbonyl (C=O) groups is 1. The van der Waals surface area contributed by atoms with Crippen molar-refractivity contribution >= 4 is 27.8 Å². The van der Waals surface area contributed by atoms with Crippen LogP contribution in [0.2, 0.25) is 0 Å². The standard InChI is InChI=1S/C13H6F2N2O3/c14-7-2-1-5-9-8(4-17-11(5)10(7)15)16-3-6(12(9)18)13(19)20/h1-4H,(H,16,18)(H,19,20). The zero-order valence-corrected chi connectivity index (χ0v) is 9.78. The molecule has 0 aliphatic rings. The average molecular weight is 276 g/mol. The lowest BCUT2D eigenvalue weighted by Gasteiger charge is -2.05. The summed E-state index contributed by atoms with van der Waals surface area (Å²) in [6.07, 6.45) is 2.20. The molecule has 0 aliphatic heterocycles. The Kier molecular flexibility index (Phi) is 2.50. The number of nitrogens with one attached hydrogen (secondary N) is 1. The number of nitrogens with zero attached hydrogens (tertiary/aromatic N) is 1. The molecule has 0 saturated heterocycles. The van der Waals surface area contributed by atoms with Gasteiger partial charge in [0.2, 0.25) is 5.43 Å². The lowest BCUT2D eigenvalue weighted by Crippen LogP contribution is -2.15. The molecule has 7 heteroatoms. The van der Waals surface area contributed by atoms with Gasteiger partial charge in [-0.05, 0) is 12.1 Å². The van der Waals surface area contributed by atoms with Crippen LogP contribution in [0.5, 0.6) is 0 Å². The third kappa shape index (κ3) is 1.56. The fourth-order valence-corrected chi connectivity index (χ4v) is 2.07. The number of aromatic nitrogens is 2. The van der Waals surface area contributed by atoms with E-state index < -0.39 is 28.6 Å². The van der Waals surface area contributed by atoms with Crippen molar-refractivity contribution in [3.05, 3.63) is 51.9 Å². The summed E-state index contributed by atoms with van der Waals surface area (Å²) in [6.45, 7) is 0. The lowest BCUT2D eigenvalue weighted by molar-refractivity contribution is 0.0695. The zero-order chi connectivity index (χ0) is 14.4. The van der Waals surface area contributed by atoms with Gasteiger partial charge in [-0.1, -0.05) is 0 Å². The predicted molar refractivity (Wildman–Crippen MR) is 66.7 cm³/mol. The number of fused-ring (bicyclic) bond motifs is 3. The number of carboxylic acid groups (broad SMARTS) is 1. The second-order valence-corrected chi connectivity index (χ2v) is 4.14. The second kappa shape index (κ2) is 4.09. The van der Waals surface area contributed by atoms with Gasteiger partial charge in [0.05, 0.1) is 17.1 Å². The molecule has 3 aromatic rings. The third-order valence-corrected chi connectivity index (χ3v) is 3.00. The highest BCUT2D eigenvalue weighted by molar-refractivity contribution is 6.06. The van der Waals surface area contributed by atoms with Gasteiger partial charge in [-0.3, -0.25) is 9.78 Å². The minimum absolute atomic E-state index is 0.0335. The molecule has 100 valence electrons. The zero-order valence-electron chi connectivity index (χ0n) is 9.78. The van der Waals surface area contributed by atoms with E-state index in [4.69, 9.17) is 5.11 Å². The van der Waals surface area contributed by atoms with E-state index in [1.165, 1.54) is 6.07 Å². The molecule has 0 radical (unpaired) electrons. The molecular formula is C13H6F2N2O3. The van der Waals surface area contributed by atoms with E-state index in [0.29, 0.717) is 0 Å². The van der Waals surface area contributed by atoms with E-state index in [1.54, 1.807) is 0 Å². The summed E-state index contributed by atoms with van der Waals surface area (Å²) in [5.74, 6) is -3.67. The van der Waals surface area contributed by atoms with E-state index in [2.05, 4.69) is 9.97 Å². The Balaban J connectivity index is 2.59. The van der Waals surface area contributed by atoms with Crippen LogP contribution in [0.25, 0.3) is 21.8 Å². The number of benzene rings is 1. The molecule has 0 atom stereocenters. The van der Waals surface area contributed by atoms with Crippen molar-refractivity contribution in [2.24, 2.45) is 0 Å². The number of aromatic carboxylic acids is 1. The maximum Gasteiger partial charge on any atom is 0.341 e. The van der Waals surface area contributed by atoms with Gasteiger partial charge in [0.15, 0.2) is 11.6 Å². The van der Waals surface area contributed by atoms with E-state index in [0.717, 1.165) is 18.5 Å². The molecule has 0 spiro atoms. The Morgan fingerprint density at radius 3 is 2.75 bits per heavy atom. The first-order valence-electron chi connectivity index (χ1n) is 5.52. The highest BCUT2D eigenvalue weighted by Gasteiger charge is 2.16. The normalized spacial score (nSPS) is 11.1. The summed E-state index contributed by atoms with van der Waals surface area (Å²) in [4.78, 5) is 29.4. The first-order valence-corrected chi connectivity index (χ1v) is 5.52. The molecule has 2 N–H and O–H groups in total. The van der Waals surface area contributed by atoms with Crippen LogP contribution >= 0.6 is 0 Å². The molecule has 0 bridgehead atoms. The van der Waals surface area contributed by atoms with E-state index in [9.17, 15) is 18.4 Å². The van der Waals surface area contributed by atoms with Crippen LogP contribution in [-0.2, 0) is 0 Å². The van der Waals surface area contributed by atoms with Crippen molar-refractivity contribution < 1.29 is 18.7 Å². The van der Waals surface area contributed by atoms with Gasteiger partial charge in [-0.2, -0.15) is 0 Å². The highest BCUT2D eigenvalue weighted by Crippen LogP contribution is 2.23. The Bertz CT molecular complexity index is 934. The molecule has 0 amide bonds. The predicted octanol–water partition coefficient (Wildman–Crippen LogP) is 2.05. The quantitative estimate of drug-likeness (QED) is 0.666. The molecule has 1 aromatic carbocycles. The summed E-state index contributed by atoms with van der Waals surface area (Å²) in [5.41, 5.74) is -1.32. The summed E-state index contributed by atoms with van der Waals surface area (Å²) in [6, 6.07) is 2.07. The first-order chi connectivity index (χ1) is 9.50. The van der Waals surface area contributed by atoms with Gasteiger partial charge in [0.1, 0.15) is 11.1 Å². The van der Waals surface area contributed by atoms with E-state index in [-0.39, 0.29) is 21.8 Å². The van der Waals surface area contributed by atoms with Crippen molar-refractivity contribution in [1.29, 1.82) is 0 Å². The molecule has 0 aliphatic carbocycles. The number of hydrogen-bond acceptors (Lipinski definition) is 3. The van der Waals surface area contributed by atoms with Crippen LogP contribution in [0.1, 0.15) is 10.4 Å². The molecule has 0 fully saturated rings.